The van der Waals surface area contributed by atoms with E-state index in [0.29, 0.717) is 5.57 Å². The summed E-state index contributed by atoms with van der Waals surface area (Å²) in [5, 5.41) is 9.43. The molecular weight excluding hydrogens is 310 g/mol. The molecule has 0 bridgehead atoms. The Kier molecular flexibility index (Phi) is 7.59. The molecule has 2 aromatic rings. The summed E-state index contributed by atoms with van der Waals surface area (Å²) in [5.74, 6) is 1.65. The van der Waals surface area contributed by atoms with Gasteiger partial charge in [-0.2, -0.15) is 5.26 Å². The maximum Gasteiger partial charge on any atom is 0.119 e. The third kappa shape index (κ3) is 6.00. The molecule has 130 valence electrons. The molecule has 0 heterocycles. The van der Waals surface area contributed by atoms with Gasteiger partial charge in [0.1, 0.15) is 11.5 Å². The van der Waals surface area contributed by atoms with Gasteiger partial charge in [-0.25, -0.2) is 0 Å². The molecule has 2 aromatic carbocycles. The minimum atomic E-state index is 0.621. The number of methoxy groups -OCH3 is 1. The largest absolute Gasteiger partial charge is 0.497 e. The number of nitrogens with zero attached hydrogens (tertiary/aromatic N) is 1. The highest BCUT2D eigenvalue weighted by Gasteiger charge is 2.02. The second-order valence-corrected chi connectivity index (χ2v) is 5.88. The molecule has 0 radical (unpaired) electrons. The van der Waals surface area contributed by atoms with Crippen molar-refractivity contribution in [3.8, 4) is 17.6 Å². The van der Waals surface area contributed by atoms with Crippen LogP contribution in [0.25, 0.3) is 11.6 Å². The van der Waals surface area contributed by atoms with Gasteiger partial charge in [0, 0.05) is 0 Å². The molecule has 0 aliphatic heterocycles. The number of nitriles is 1. The van der Waals surface area contributed by atoms with Gasteiger partial charge in [-0.15, -0.1) is 0 Å². The first kappa shape index (κ1) is 18.6. The zero-order valence-electron chi connectivity index (χ0n) is 15.0. The molecular formula is C22H25NO2. The van der Waals surface area contributed by atoms with Gasteiger partial charge in [-0.1, -0.05) is 38.3 Å². The normalized spacial score (nSPS) is 11.0. The first-order valence-electron chi connectivity index (χ1n) is 8.76. The maximum atomic E-state index is 9.43. The third-order valence-corrected chi connectivity index (χ3v) is 3.98. The fourth-order valence-electron chi connectivity index (χ4n) is 2.50. The summed E-state index contributed by atoms with van der Waals surface area (Å²) >= 11 is 0. The van der Waals surface area contributed by atoms with Crippen molar-refractivity contribution in [1.82, 2.24) is 0 Å². The molecule has 0 atom stereocenters. The summed E-state index contributed by atoms with van der Waals surface area (Å²) in [7, 11) is 1.63. The van der Waals surface area contributed by atoms with Gasteiger partial charge >= 0.3 is 0 Å². The quantitative estimate of drug-likeness (QED) is 0.334. The van der Waals surface area contributed by atoms with E-state index < -0.39 is 0 Å². The van der Waals surface area contributed by atoms with Gasteiger partial charge in [0.15, 0.2) is 0 Å². The highest BCUT2D eigenvalue weighted by atomic mass is 16.5. The number of ether oxygens (including phenoxy) is 2. The van der Waals surface area contributed by atoms with E-state index in [9.17, 15) is 5.26 Å². The third-order valence-electron chi connectivity index (χ3n) is 3.98. The highest BCUT2D eigenvalue weighted by Crippen LogP contribution is 2.22. The Hall–Kier alpha value is -2.73. The number of rotatable bonds is 9. The van der Waals surface area contributed by atoms with Gasteiger partial charge in [0.25, 0.3) is 0 Å². The summed E-state index contributed by atoms with van der Waals surface area (Å²) in [6, 6.07) is 17.6. The Labute approximate surface area is 150 Å². The average Bonchev–Trinajstić information content (AvgIpc) is 2.67. The smallest absolute Gasteiger partial charge is 0.119 e. The van der Waals surface area contributed by atoms with Gasteiger partial charge in [-0.05, 0) is 60.0 Å². The Morgan fingerprint density at radius 1 is 0.960 bits per heavy atom. The van der Waals surface area contributed by atoms with Crippen molar-refractivity contribution in [2.24, 2.45) is 0 Å². The van der Waals surface area contributed by atoms with Crippen LogP contribution in [0.15, 0.2) is 48.5 Å². The van der Waals surface area contributed by atoms with Crippen LogP contribution in [0.4, 0.5) is 0 Å². The molecule has 0 N–H and O–H groups in total. The molecule has 3 heteroatoms. The lowest BCUT2D eigenvalue weighted by molar-refractivity contribution is 0.305. The number of unbranched alkanes of at least 4 members (excludes halogenated alkanes) is 3. The minimum Gasteiger partial charge on any atom is -0.497 e. The van der Waals surface area contributed by atoms with E-state index in [1.165, 1.54) is 19.3 Å². The van der Waals surface area contributed by atoms with Gasteiger partial charge in [-0.3, -0.25) is 0 Å². The zero-order valence-corrected chi connectivity index (χ0v) is 15.0. The standard InChI is InChI=1S/C22H25NO2/c1-3-4-5-6-15-25-22-11-7-18(8-12-22)16-20(17-23)19-9-13-21(24-2)14-10-19/h7-14,16H,3-6,15H2,1-2H3. The number of hydrogen-bond donors (Lipinski definition) is 0. The molecule has 0 unspecified atom stereocenters. The molecule has 25 heavy (non-hydrogen) atoms. The van der Waals surface area contributed by atoms with Crippen molar-refractivity contribution in [2.75, 3.05) is 13.7 Å². The van der Waals surface area contributed by atoms with Crippen LogP contribution in [-0.2, 0) is 0 Å². The molecule has 0 aromatic heterocycles. The highest BCUT2D eigenvalue weighted by molar-refractivity contribution is 5.89. The van der Waals surface area contributed by atoms with Gasteiger partial charge in [0.2, 0.25) is 0 Å². The lowest BCUT2D eigenvalue weighted by Crippen LogP contribution is -1.96. The Balaban J connectivity index is 1.99. The molecule has 2 rings (SSSR count). The predicted octanol–water partition coefficient (Wildman–Crippen LogP) is 5.72. The van der Waals surface area contributed by atoms with Crippen molar-refractivity contribution in [3.05, 3.63) is 59.7 Å². The molecule has 0 saturated carbocycles. The van der Waals surface area contributed by atoms with Crippen LogP contribution >= 0.6 is 0 Å². The average molecular weight is 335 g/mol. The van der Waals surface area contributed by atoms with Gasteiger partial charge < -0.3 is 9.47 Å². The van der Waals surface area contributed by atoms with Crippen LogP contribution in [0.1, 0.15) is 43.7 Å². The molecule has 0 fully saturated rings. The van der Waals surface area contributed by atoms with E-state index in [0.717, 1.165) is 35.7 Å². The summed E-state index contributed by atoms with van der Waals surface area (Å²) in [6.45, 7) is 2.96. The van der Waals surface area contributed by atoms with E-state index in [1.807, 2.05) is 54.6 Å². The van der Waals surface area contributed by atoms with Crippen LogP contribution in [0.5, 0.6) is 11.5 Å². The lowest BCUT2D eigenvalue weighted by Gasteiger charge is -2.06. The Morgan fingerprint density at radius 3 is 2.24 bits per heavy atom. The van der Waals surface area contributed by atoms with Crippen LogP contribution in [0.3, 0.4) is 0 Å². The van der Waals surface area contributed by atoms with Crippen LogP contribution in [0, 0.1) is 11.3 Å². The van der Waals surface area contributed by atoms with Crippen LogP contribution in [0.2, 0.25) is 0 Å². The molecule has 0 spiro atoms. The summed E-state index contributed by atoms with van der Waals surface area (Å²) < 4.78 is 10.9. The van der Waals surface area contributed by atoms with Gasteiger partial charge in [0.05, 0.1) is 25.4 Å². The van der Waals surface area contributed by atoms with Crippen molar-refractivity contribution in [3.63, 3.8) is 0 Å². The SMILES string of the molecule is CCCCCCOc1ccc(C=C(C#N)c2ccc(OC)cc2)cc1. The summed E-state index contributed by atoms with van der Waals surface area (Å²) in [6.07, 6.45) is 6.68. The molecule has 0 aliphatic carbocycles. The van der Waals surface area contributed by atoms with Crippen molar-refractivity contribution >= 4 is 11.6 Å². The molecule has 0 aliphatic rings. The van der Waals surface area contributed by atoms with Crippen LogP contribution in [-0.4, -0.2) is 13.7 Å². The summed E-state index contributed by atoms with van der Waals surface area (Å²) in [5.41, 5.74) is 2.47. The van der Waals surface area contributed by atoms with Crippen LogP contribution < -0.4 is 9.47 Å². The Bertz CT molecular complexity index is 709. The van der Waals surface area contributed by atoms with E-state index in [1.54, 1.807) is 7.11 Å². The Morgan fingerprint density at radius 2 is 1.64 bits per heavy atom. The predicted molar refractivity (Wildman–Crippen MR) is 103 cm³/mol. The monoisotopic (exact) mass is 335 g/mol. The van der Waals surface area contributed by atoms with Crippen molar-refractivity contribution < 1.29 is 9.47 Å². The zero-order chi connectivity index (χ0) is 17.9. The topological polar surface area (TPSA) is 42.2 Å². The molecule has 3 nitrogen and oxygen atoms in total. The number of hydrogen-bond acceptors (Lipinski definition) is 3. The van der Waals surface area contributed by atoms with Crippen molar-refractivity contribution in [1.29, 1.82) is 5.26 Å². The van der Waals surface area contributed by atoms with E-state index in [4.69, 9.17) is 9.47 Å². The number of benzene rings is 2. The fraction of sp³-hybridized carbons (Fsp3) is 0.318. The minimum absolute atomic E-state index is 0.621. The second-order valence-electron chi connectivity index (χ2n) is 5.88. The van der Waals surface area contributed by atoms with E-state index >= 15 is 0 Å². The molecule has 0 saturated heterocycles. The maximum absolute atomic E-state index is 9.43. The lowest BCUT2D eigenvalue weighted by atomic mass is 10.0. The molecule has 0 amide bonds. The number of allylic oxidation sites excluding steroid dienone is 1. The fourth-order valence-corrected chi connectivity index (χ4v) is 2.50. The first-order valence-corrected chi connectivity index (χ1v) is 8.76. The van der Waals surface area contributed by atoms with E-state index in [-0.39, 0.29) is 0 Å². The summed E-state index contributed by atoms with van der Waals surface area (Å²) in [4.78, 5) is 0. The first-order chi connectivity index (χ1) is 12.3. The second kappa shape index (κ2) is 10.2. The van der Waals surface area contributed by atoms with Crippen molar-refractivity contribution in [2.45, 2.75) is 32.6 Å². The van der Waals surface area contributed by atoms with E-state index in [2.05, 4.69) is 13.0 Å².